The fourth-order valence-electron chi connectivity index (χ4n) is 4.80. The van der Waals surface area contributed by atoms with Crippen LogP contribution in [0.2, 0.25) is 0 Å². The SMILES string of the molecule is C[C@H](NC(=O)c1ccc(N2CCOCC2)nc1)[C@H]1C[C@H]2CC[C@H]1C2. The fraction of sp³-hybridized carbons (Fsp3) is 0.684. The minimum absolute atomic E-state index is 0.00583. The van der Waals surface area contributed by atoms with Crippen LogP contribution < -0.4 is 10.2 Å². The van der Waals surface area contributed by atoms with Gasteiger partial charge in [0.2, 0.25) is 0 Å². The van der Waals surface area contributed by atoms with E-state index < -0.39 is 0 Å². The Kier molecular flexibility index (Phi) is 4.44. The van der Waals surface area contributed by atoms with Crippen LogP contribution in [0.3, 0.4) is 0 Å². The lowest BCUT2D eigenvalue weighted by molar-refractivity contribution is 0.0915. The summed E-state index contributed by atoms with van der Waals surface area (Å²) in [4.78, 5) is 19.2. The van der Waals surface area contributed by atoms with Crippen LogP contribution in [0.1, 0.15) is 43.0 Å². The van der Waals surface area contributed by atoms with Gasteiger partial charge in [-0.2, -0.15) is 0 Å². The minimum atomic E-state index is 0.00583. The summed E-state index contributed by atoms with van der Waals surface area (Å²) < 4.78 is 5.36. The molecule has 4 rings (SSSR count). The van der Waals surface area contributed by atoms with E-state index in [1.807, 2.05) is 12.1 Å². The number of amides is 1. The van der Waals surface area contributed by atoms with Crippen LogP contribution in [0.5, 0.6) is 0 Å². The zero-order valence-corrected chi connectivity index (χ0v) is 14.4. The number of nitrogens with one attached hydrogen (secondary N) is 1. The third kappa shape index (κ3) is 3.14. The van der Waals surface area contributed by atoms with Crippen molar-refractivity contribution in [2.75, 3.05) is 31.2 Å². The number of morpholine rings is 1. The smallest absolute Gasteiger partial charge is 0.253 e. The second-order valence-electron chi connectivity index (χ2n) is 7.61. The van der Waals surface area contributed by atoms with Gasteiger partial charge >= 0.3 is 0 Å². The molecule has 130 valence electrons. The van der Waals surface area contributed by atoms with Gasteiger partial charge in [0.1, 0.15) is 5.82 Å². The third-order valence-electron chi connectivity index (χ3n) is 6.14. The van der Waals surface area contributed by atoms with Gasteiger partial charge in [-0.1, -0.05) is 6.42 Å². The summed E-state index contributed by atoms with van der Waals surface area (Å²) in [6.45, 7) is 5.37. The molecule has 0 radical (unpaired) electrons. The van der Waals surface area contributed by atoms with Crippen molar-refractivity contribution in [3.8, 4) is 0 Å². The van der Waals surface area contributed by atoms with Crippen LogP contribution in [0, 0.1) is 17.8 Å². The fourth-order valence-corrected chi connectivity index (χ4v) is 4.80. The van der Waals surface area contributed by atoms with E-state index in [1.165, 1.54) is 25.7 Å². The standard InChI is InChI=1S/C19H27N3O2/c1-13(17-11-14-2-3-15(17)10-14)21-19(23)16-4-5-18(20-12-16)22-6-8-24-9-7-22/h4-5,12-15,17H,2-3,6-11H2,1H3,(H,21,23)/t13-,14-,15-,17+/m0/s1. The zero-order chi connectivity index (χ0) is 16.5. The first-order valence-electron chi connectivity index (χ1n) is 9.30. The molecule has 0 unspecified atom stereocenters. The Hall–Kier alpha value is -1.62. The molecule has 2 bridgehead atoms. The molecule has 2 heterocycles. The lowest BCUT2D eigenvalue weighted by Crippen LogP contribution is -2.40. The molecular formula is C19H27N3O2. The Balaban J connectivity index is 1.35. The predicted molar refractivity (Wildman–Crippen MR) is 93.1 cm³/mol. The molecule has 1 aliphatic heterocycles. The highest BCUT2D eigenvalue weighted by Crippen LogP contribution is 2.49. The Bertz CT molecular complexity index is 583. The number of carbonyl (C=O) groups is 1. The van der Waals surface area contributed by atoms with Gasteiger partial charge in [-0.05, 0) is 56.1 Å². The van der Waals surface area contributed by atoms with Crippen molar-refractivity contribution in [3.05, 3.63) is 23.9 Å². The number of anilines is 1. The van der Waals surface area contributed by atoms with Gasteiger partial charge in [0.15, 0.2) is 0 Å². The summed E-state index contributed by atoms with van der Waals surface area (Å²) in [6.07, 6.45) is 7.12. The lowest BCUT2D eigenvalue weighted by Gasteiger charge is -2.29. The van der Waals surface area contributed by atoms with Gasteiger partial charge in [-0.25, -0.2) is 4.98 Å². The maximum absolute atomic E-state index is 12.5. The van der Waals surface area contributed by atoms with Crippen LogP contribution in [0.25, 0.3) is 0 Å². The van der Waals surface area contributed by atoms with E-state index in [0.29, 0.717) is 11.5 Å². The molecule has 1 saturated heterocycles. The molecule has 2 aliphatic carbocycles. The molecular weight excluding hydrogens is 302 g/mol. The van der Waals surface area contributed by atoms with E-state index in [-0.39, 0.29) is 11.9 Å². The Morgan fingerprint density at radius 1 is 1.29 bits per heavy atom. The number of carbonyl (C=O) groups excluding carboxylic acids is 1. The van der Waals surface area contributed by atoms with Crippen LogP contribution in [-0.2, 0) is 4.74 Å². The average Bonchev–Trinajstić information content (AvgIpc) is 3.26. The summed E-state index contributed by atoms with van der Waals surface area (Å²) in [5.74, 6) is 3.33. The van der Waals surface area contributed by atoms with Gasteiger partial charge < -0.3 is 15.0 Å². The lowest BCUT2D eigenvalue weighted by atomic mass is 9.84. The highest BCUT2D eigenvalue weighted by Gasteiger charge is 2.42. The number of hydrogen-bond acceptors (Lipinski definition) is 4. The van der Waals surface area contributed by atoms with Crippen molar-refractivity contribution in [2.24, 2.45) is 17.8 Å². The second kappa shape index (κ2) is 6.71. The molecule has 1 amide bonds. The van der Waals surface area contributed by atoms with Crippen molar-refractivity contribution >= 4 is 11.7 Å². The quantitative estimate of drug-likeness (QED) is 0.922. The Morgan fingerprint density at radius 2 is 2.12 bits per heavy atom. The molecule has 2 saturated carbocycles. The maximum Gasteiger partial charge on any atom is 0.253 e. The van der Waals surface area contributed by atoms with Gasteiger partial charge in [0.05, 0.1) is 18.8 Å². The number of fused-ring (bicyclic) bond motifs is 2. The number of ether oxygens (including phenoxy) is 1. The largest absolute Gasteiger partial charge is 0.378 e. The van der Waals surface area contributed by atoms with Gasteiger partial charge in [0.25, 0.3) is 5.91 Å². The van der Waals surface area contributed by atoms with Crippen molar-refractivity contribution in [1.82, 2.24) is 10.3 Å². The van der Waals surface area contributed by atoms with E-state index in [0.717, 1.165) is 44.0 Å². The number of rotatable bonds is 4. The number of aromatic nitrogens is 1. The predicted octanol–water partition coefficient (Wildman–Crippen LogP) is 2.47. The second-order valence-corrected chi connectivity index (χ2v) is 7.61. The van der Waals surface area contributed by atoms with E-state index in [1.54, 1.807) is 6.20 Å². The molecule has 1 aromatic rings. The molecule has 3 fully saturated rings. The summed E-state index contributed by atoms with van der Waals surface area (Å²) in [7, 11) is 0. The third-order valence-corrected chi connectivity index (χ3v) is 6.14. The minimum Gasteiger partial charge on any atom is -0.378 e. The van der Waals surface area contributed by atoms with E-state index in [9.17, 15) is 4.79 Å². The molecule has 5 heteroatoms. The number of nitrogens with zero attached hydrogens (tertiary/aromatic N) is 2. The highest BCUT2D eigenvalue weighted by molar-refractivity contribution is 5.94. The van der Waals surface area contributed by atoms with Crippen LogP contribution >= 0.6 is 0 Å². The van der Waals surface area contributed by atoms with E-state index in [2.05, 4.69) is 22.1 Å². The van der Waals surface area contributed by atoms with E-state index >= 15 is 0 Å². The molecule has 1 aromatic heterocycles. The molecule has 24 heavy (non-hydrogen) atoms. The topological polar surface area (TPSA) is 54.5 Å². The van der Waals surface area contributed by atoms with E-state index in [4.69, 9.17) is 4.74 Å². The van der Waals surface area contributed by atoms with Crippen LogP contribution in [0.4, 0.5) is 5.82 Å². The molecule has 0 spiro atoms. The summed E-state index contributed by atoms with van der Waals surface area (Å²) in [5, 5.41) is 3.21. The van der Waals surface area contributed by atoms with Gasteiger partial charge in [-0.15, -0.1) is 0 Å². The summed E-state index contributed by atoms with van der Waals surface area (Å²) in [5.41, 5.74) is 0.655. The zero-order valence-electron chi connectivity index (χ0n) is 14.4. The van der Waals surface area contributed by atoms with Crippen molar-refractivity contribution in [2.45, 2.75) is 38.6 Å². The monoisotopic (exact) mass is 329 g/mol. The Morgan fingerprint density at radius 3 is 2.75 bits per heavy atom. The first-order chi connectivity index (χ1) is 11.7. The molecule has 1 N–H and O–H groups in total. The molecule has 5 nitrogen and oxygen atoms in total. The average molecular weight is 329 g/mol. The summed E-state index contributed by atoms with van der Waals surface area (Å²) in [6, 6.07) is 4.09. The number of pyridine rings is 1. The van der Waals surface area contributed by atoms with Gasteiger partial charge in [-0.3, -0.25) is 4.79 Å². The highest BCUT2D eigenvalue weighted by atomic mass is 16.5. The number of hydrogen-bond donors (Lipinski definition) is 1. The maximum atomic E-state index is 12.5. The van der Waals surface area contributed by atoms with Crippen molar-refractivity contribution < 1.29 is 9.53 Å². The summed E-state index contributed by atoms with van der Waals surface area (Å²) >= 11 is 0. The first-order valence-corrected chi connectivity index (χ1v) is 9.30. The van der Waals surface area contributed by atoms with Gasteiger partial charge in [0, 0.05) is 25.3 Å². The van der Waals surface area contributed by atoms with Crippen LogP contribution in [0.15, 0.2) is 18.3 Å². The normalized spacial score (nSPS) is 30.4. The first kappa shape index (κ1) is 15.9. The Labute approximate surface area is 143 Å². The molecule has 3 aliphatic rings. The molecule has 0 aromatic carbocycles. The molecule has 4 atom stereocenters. The van der Waals surface area contributed by atoms with Crippen LogP contribution in [-0.4, -0.2) is 43.2 Å². The van der Waals surface area contributed by atoms with Crippen molar-refractivity contribution in [1.29, 1.82) is 0 Å². The van der Waals surface area contributed by atoms with Crippen molar-refractivity contribution in [3.63, 3.8) is 0 Å².